The first-order valence-corrected chi connectivity index (χ1v) is 6.33. The zero-order valence-electron chi connectivity index (χ0n) is 7.10. The van der Waals surface area contributed by atoms with Crippen LogP contribution in [0.15, 0.2) is 17.5 Å². The van der Waals surface area contributed by atoms with E-state index in [0.29, 0.717) is 0 Å². The van der Waals surface area contributed by atoms with Crippen molar-refractivity contribution >= 4 is 49.0 Å². The molecule has 0 atom stereocenters. The fourth-order valence-electron chi connectivity index (χ4n) is 1.46. The van der Waals surface area contributed by atoms with Gasteiger partial charge in [0.1, 0.15) is 0 Å². The van der Waals surface area contributed by atoms with E-state index in [-0.39, 0.29) is 0 Å². The molecule has 0 radical (unpaired) electrons. The van der Waals surface area contributed by atoms with Gasteiger partial charge >= 0.3 is 0 Å². The maximum absolute atomic E-state index is 6.14. The van der Waals surface area contributed by atoms with E-state index in [0.717, 1.165) is 10.4 Å². The Kier molecular flexibility index (Phi) is 2.63. The maximum atomic E-state index is 6.14. The monoisotopic (exact) mass is 274 g/mol. The second kappa shape index (κ2) is 3.60. The summed E-state index contributed by atoms with van der Waals surface area (Å²) in [6.07, 6.45) is 0. The third-order valence-electron chi connectivity index (χ3n) is 2.11. The third-order valence-corrected chi connectivity index (χ3v) is 4.06. The lowest BCUT2D eigenvalue weighted by Gasteiger charge is -2.04. The molecule has 3 heteroatoms. The predicted octanol–water partition coefficient (Wildman–Crippen LogP) is 4.76. The van der Waals surface area contributed by atoms with Crippen molar-refractivity contribution in [3.63, 3.8) is 0 Å². The molecule has 1 heterocycles. The molecule has 2 aromatic rings. The maximum Gasteiger partial charge on any atom is 0.0456 e. The van der Waals surface area contributed by atoms with Crippen molar-refractivity contribution in [2.75, 3.05) is 0 Å². The minimum atomic E-state index is 0.819. The largest absolute Gasteiger partial charge is 0.144 e. The van der Waals surface area contributed by atoms with Gasteiger partial charge in [0.15, 0.2) is 0 Å². The Bertz CT molecular complexity index is 447. The summed E-state index contributed by atoms with van der Waals surface area (Å²) in [5.41, 5.74) is 2.46. The summed E-state index contributed by atoms with van der Waals surface area (Å²) in [4.78, 5) is 0. The number of hydrogen-bond acceptors (Lipinski definition) is 1. The molecule has 13 heavy (non-hydrogen) atoms. The Labute approximate surface area is 94.7 Å². The number of halogens is 2. The second-order valence-corrected chi connectivity index (χ2v) is 4.83. The van der Waals surface area contributed by atoms with Crippen LogP contribution >= 0.6 is 38.9 Å². The van der Waals surface area contributed by atoms with E-state index in [1.54, 1.807) is 11.3 Å². The van der Waals surface area contributed by atoms with Crippen LogP contribution in [0.4, 0.5) is 0 Å². The highest BCUT2D eigenvalue weighted by molar-refractivity contribution is 9.08. The molecule has 0 aliphatic rings. The average Bonchev–Trinajstić information content (AvgIpc) is 2.53. The lowest BCUT2D eigenvalue weighted by Crippen LogP contribution is -1.83. The van der Waals surface area contributed by atoms with Gasteiger partial charge in [0.2, 0.25) is 0 Å². The summed E-state index contributed by atoms with van der Waals surface area (Å²) >= 11 is 11.4. The molecule has 1 aromatic carbocycles. The zero-order chi connectivity index (χ0) is 9.42. The molecule has 0 fully saturated rings. The number of aryl methyl sites for hydroxylation is 1. The first kappa shape index (κ1) is 9.50. The van der Waals surface area contributed by atoms with E-state index in [1.165, 1.54) is 21.2 Å². The van der Waals surface area contributed by atoms with Crippen LogP contribution in [0.2, 0.25) is 5.02 Å². The fourth-order valence-corrected chi connectivity index (χ4v) is 3.46. The lowest BCUT2D eigenvalue weighted by molar-refractivity contribution is 1.46. The summed E-state index contributed by atoms with van der Waals surface area (Å²) in [7, 11) is 0. The van der Waals surface area contributed by atoms with Gasteiger partial charge in [0.05, 0.1) is 0 Å². The number of rotatable bonds is 1. The molecule has 0 N–H and O–H groups in total. The molecule has 0 nitrogen and oxygen atoms in total. The van der Waals surface area contributed by atoms with Crippen molar-refractivity contribution in [1.29, 1.82) is 0 Å². The van der Waals surface area contributed by atoms with E-state index in [1.807, 2.05) is 6.07 Å². The molecule has 0 unspecified atom stereocenters. The van der Waals surface area contributed by atoms with Gasteiger partial charge in [0.25, 0.3) is 0 Å². The standard InChI is InChI=1S/C10H8BrClS/c1-6-4-9(12)8(5-11)7-2-3-13-10(6)7/h2-4H,5H2,1H3. The summed E-state index contributed by atoms with van der Waals surface area (Å²) in [6.45, 7) is 2.10. The molecular weight excluding hydrogens is 268 g/mol. The fraction of sp³-hybridized carbons (Fsp3) is 0.200. The quantitative estimate of drug-likeness (QED) is 0.658. The first-order chi connectivity index (χ1) is 6.24. The molecule has 0 aliphatic heterocycles. The van der Waals surface area contributed by atoms with Gasteiger partial charge in [-0.3, -0.25) is 0 Å². The minimum Gasteiger partial charge on any atom is -0.144 e. The number of benzene rings is 1. The van der Waals surface area contributed by atoms with Crippen LogP contribution in [-0.2, 0) is 5.33 Å². The summed E-state index contributed by atoms with van der Waals surface area (Å²) in [5, 5.41) is 5.08. The molecule has 0 spiro atoms. The number of hydrogen-bond donors (Lipinski definition) is 0. The summed E-state index contributed by atoms with van der Waals surface area (Å²) in [6, 6.07) is 4.17. The van der Waals surface area contributed by atoms with Gasteiger partial charge in [-0.2, -0.15) is 0 Å². The summed E-state index contributed by atoms with van der Waals surface area (Å²) in [5.74, 6) is 0. The van der Waals surface area contributed by atoms with Gasteiger partial charge in [-0.25, -0.2) is 0 Å². The van der Waals surface area contributed by atoms with Crippen molar-refractivity contribution in [2.45, 2.75) is 12.3 Å². The van der Waals surface area contributed by atoms with Crippen molar-refractivity contribution < 1.29 is 0 Å². The van der Waals surface area contributed by atoms with Crippen LogP contribution in [0.5, 0.6) is 0 Å². The molecular formula is C10H8BrClS. The molecule has 0 saturated carbocycles. The number of thiophene rings is 1. The van der Waals surface area contributed by atoms with Crippen LogP contribution in [0, 0.1) is 6.92 Å². The lowest BCUT2D eigenvalue weighted by atomic mass is 10.1. The summed E-state index contributed by atoms with van der Waals surface area (Å²) < 4.78 is 1.35. The smallest absolute Gasteiger partial charge is 0.0456 e. The molecule has 2 rings (SSSR count). The van der Waals surface area contributed by atoms with Gasteiger partial charge in [-0.05, 0) is 40.9 Å². The van der Waals surface area contributed by atoms with Gasteiger partial charge in [-0.15, -0.1) is 11.3 Å². The first-order valence-electron chi connectivity index (χ1n) is 3.95. The Hall–Kier alpha value is -0.0500. The Morgan fingerprint density at radius 2 is 2.31 bits per heavy atom. The Morgan fingerprint density at radius 1 is 1.54 bits per heavy atom. The van der Waals surface area contributed by atoms with Gasteiger partial charge < -0.3 is 0 Å². The highest BCUT2D eigenvalue weighted by Gasteiger charge is 2.08. The van der Waals surface area contributed by atoms with Crippen molar-refractivity contribution in [2.24, 2.45) is 0 Å². The Balaban J connectivity index is 2.88. The zero-order valence-corrected chi connectivity index (χ0v) is 10.3. The third kappa shape index (κ3) is 1.51. The predicted molar refractivity (Wildman–Crippen MR) is 64.2 cm³/mol. The van der Waals surface area contributed by atoms with Crippen molar-refractivity contribution in [3.05, 3.63) is 33.7 Å². The van der Waals surface area contributed by atoms with Crippen LogP contribution in [0.25, 0.3) is 10.1 Å². The van der Waals surface area contributed by atoms with E-state index in [2.05, 4.69) is 34.3 Å². The van der Waals surface area contributed by atoms with E-state index in [9.17, 15) is 0 Å². The average molecular weight is 276 g/mol. The van der Waals surface area contributed by atoms with E-state index < -0.39 is 0 Å². The highest BCUT2D eigenvalue weighted by Crippen LogP contribution is 2.33. The SMILES string of the molecule is Cc1cc(Cl)c(CBr)c2ccsc12. The van der Waals surface area contributed by atoms with Gasteiger partial charge in [0, 0.05) is 15.1 Å². The van der Waals surface area contributed by atoms with Crippen LogP contribution in [0.1, 0.15) is 11.1 Å². The molecule has 0 aliphatic carbocycles. The second-order valence-electron chi connectivity index (χ2n) is 2.95. The molecule has 0 saturated heterocycles. The normalized spacial score (nSPS) is 11.0. The van der Waals surface area contributed by atoms with Crippen LogP contribution in [-0.4, -0.2) is 0 Å². The van der Waals surface area contributed by atoms with Crippen molar-refractivity contribution in [3.8, 4) is 0 Å². The van der Waals surface area contributed by atoms with Crippen LogP contribution < -0.4 is 0 Å². The van der Waals surface area contributed by atoms with Crippen LogP contribution in [0.3, 0.4) is 0 Å². The molecule has 1 aromatic heterocycles. The molecule has 0 bridgehead atoms. The van der Waals surface area contributed by atoms with Crippen molar-refractivity contribution in [1.82, 2.24) is 0 Å². The van der Waals surface area contributed by atoms with Gasteiger partial charge in [-0.1, -0.05) is 27.5 Å². The molecule has 0 amide bonds. The highest BCUT2D eigenvalue weighted by atomic mass is 79.9. The van der Waals surface area contributed by atoms with E-state index >= 15 is 0 Å². The minimum absolute atomic E-state index is 0.819. The number of alkyl halides is 1. The number of fused-ring (bicyclic) bond motifs is 1. The topological polar surface area (TPSA) is 0 Å². The Morgan fingerprint density at radius 3 is 3.00 bits per heavy atom. The molecule has 68 valence electrons. The van der Waals surface area contributed by atoms with E-state index in [4.69, 9.17) is 11.6 Å².